The van der Waals surface area contributed by atoms with Crippen LogP contribution in [0.5, 0.6) is 5.88 Å². The summed E-state index contributed by atoms with van der Waals surface area (Å²) in [6.07, 6.45) is 2.14. The Kier molecular flexibility index (Phi) is 5.73. The summed E-state index contributed by atoms with van der Waals surface area (Å²) in [6.45, 7) is 10.0. The molecule has 17 heavy (non-hydrogen) atoms. The fourth-order valence-corrected chi connectivity index (χ4v) is 1.31. The quantitative estimate of drug-likeness (QED) is 0.792. The van der Waals surface area contributed by atoms with Crippen LogP contribution in [0, 0.1) is 12.8 Å². The minimum absolute atomic E-state index is 0.624. The molecule has 0 amide bonds. The lowest BCUT2D eigenvalue weighted by Crippen LogP contribution is -2.13. The standard InChI is InChI=1S/C13H23N3O/c1-5-7-17-12-8-11(4)15-13(16-12)14-9-10(3)6-2/h8,10H,5-7,9H2,1-4H3,(H,14,15,16). The van der Waals surface area contributed by atoms with E-state index in [9.17, 15) is 0 Å². The fourth-order valence-electron chi connectivity index (χ4n) is 1.31. The number of nitrogens with zero attached hydrogens (tertiary/aromatic N) is 2. The third-order valence-electron chi connectivity index (χ3n) is 2.59. The second kappa shape index (κ2) is 7.09. The van der Waals surface area contributed by atoms with Gasteiger partial charge >= 0.3 is 0 Å². The molecule has 0 fully saturated rings. The molecule has 1 heterocycles. The lowest BCUT2D eigenvalue weighted by atomic mass is 10.1. The van der Waals surface area contributed by atoms with Gasteiger partial charge in [-0.05, 0) is 19.3 Å². The summed E-state index contributed by atoms with van der Waals surface area (Å²) in [5, 5.41) is 3.25. The van der Waals surface area contributed by atoms with Gasteiger partial charge in [0.2, 0.25) is 11.8 Å². The van der Waals surface area contributed by atoms with Gasteiger partial charge in [-0.3, -0.25) is 0 Å². The van der Waals surface area contributed by atoms with Crippen molar-refractivity contribution >= 4 is 5.95 Å². The van der Waals surface area contributed by atoms with E-state index in [1.54, 1.807) is 0 Å². The normalized spacial score (nSPS) is 12.2. The highest BCUT2D eigenvalue weighted by molar-refractivity contribution is 5.30. The summed E-state index contributed by atoms with van der Waals surface area (Å²) in [4.78, 5) is 8.68. The molecule has 96 valence electrons. The Bertz CT molecular complexity index is 341. The molecular formula is C13H23N3O. The van der Waals surface area contributed by atoms with Crippen LogP contribution in [0.2, 0.25) is 0 Å². The zero-order valence-corrected chi connectivity index (χ0v) is 11.3. The molecule has 0 saturated heterocycles. The molecule has 0 aromatic carbocycles. The lowest BCUT2D eigenvalue weighted by Gasteiger charge is -2.11. The molecule has 1 aromatic rings. The highest BCUT2D eigenvalue weighted by Crippen LogP contribution is 2.13. The second-order valence-corrected chi connectivity index (χ2v) is 4.41. The predicted molar refractivity (Wildman–Crippen MR) is 70.5 cm³/mol. The maximum absolute atomic E-state index is 5.52. The fraction of sp³-hybridized carbons (Fsp3) is 0.692. The number of ether oxygens (including phenoxy) is 1. The molecule has 4 nitrogen and oxygen atoms in total. The third kappa shape index (κ3) is 5.02. The van der Waals surface area contributed by atoms with Crippen molar-refractivity contribution in [2.24, 2.45) is 5.92 Å². The van der Waals surface area contributed by atoms with Gasteiger partial charge in [-0.25, -0.2) is 4.98 Å². The Hall–Kier alpha value is -1.32. The van der Waals surface area contributed by atoms with Gasteiger partial charge in [-0.15, -0.1) is 0 Å². The Morgan fingerprint density at radius 1 is 1.35 bits per heavy atom. The number of hydrogen-bond acceptors (Lipinski definition) is 4. The minimum Gasteiger partial charge on any atom is -0.478 e. The van der Waals surface area contributed by atoms with Crippen molar-refractivity contribution in [3.8, 4) is 5.88 Å². The summed E-state index contributed by atoms with van der Waals surface area (Å²) < 4.78 is 5.52. The molecule has 1 N–H and O–H groups in total. The molecule has 4 heteroatoms. The van der Waals surface area contributed by atoms with E-state index in [-0.39, 0.29) is 0 Å². The van der Waals surface area contributed by atoms with Crippen LogP contribution in [0.4, 0.5) is 5.95 Å². The van der Waals surface area contributed by atoms with Crippen LogP contribution in [0.15, 0.2) is 6.07 Å². The monoisotopic (exact) mass is 237 g/mol. The van der Waals surface area contributed by atoms with Gasteiger partial charge in [-0.1, -0.05) is 27.2 Å². The molecule has 0 saturated carbocycles. The van der Waals surface area contributed by atoms with E-state index < -0.39 is 0 Å². The molecule has 0 aliphatic heterocycles. The minimum atomic E-state index is 0.624. The zero-order valence-electron chi connectivity index (χ0n) is 11.3. The van der Waals surface area contributed by atoms with Crippen molar-refractivity contribution in [1.82, 2.24) is 9.97 Å². The van der Waals surface area contributed by atoms with E-state index in [0.29, 0.717) is 24.4 Å². The predicted octanol–water partition coefficient (Wildman–Crippen LogP) is 3.03. The van der Waals surface area contributed by atoms with Crippen LogP contribution in [-0.2, 0) is 0 Å². The third-order valence-corrected chi connectivity index (χ3v) is 2.59. The van der Waals surface area contributed by atoms with E-state index in [1.165, 1.54) is 0 Å². The van der Waals surface area contributed by atoms with Crippen molar-refractivity contribution in [1.29, 1.82) is 0 Å². The van der Waals surface area contributed by atoms with Crippen molar-refractivity contribution in [3.05, 3.63) is 11.8 Å². The molecule has 0 radical (unpaired) electrons. The van der Waals surface area contributed by atoms with E-state index >= 15 is 0 Å². The number of aromatic nitrogens is 2. The number of aryl methyl sites for hydroxylation is 1. The SMILES string of the molecule is CCCOc1cc(C)nc(NCC(C)CC)n1. The van der Waals surface area contributed by atoms with Crippen LogP contribution >= 0.6 is 0 Å². The Morgan fingerprint density at radius 2 is 2.12 bits per heavy atom. The van der Waals surface area contributed by atoms with Gasteiger partial charge in [0.05, 0.1) is 6.61 Å². The first-order valence-corrected chi connectivity index (χ1v) is 6.38. The van der Waals surface area contributed by atoms with Crippen molar-refractivity contribution in [2.45, 2.75) is 40.5 Å². The van der Waals surface area contributed by atoms with Crippen LogP contribution in [0.25, 0.3) is 0 Å². The molecule has 0 aliphatic carbocycles. The number of hydrogen-bond donors (Lipinski definition) is 1. The number of rotatable bonds is 7. The highest BCUT2D eigenvalue weighted by Gasteiger charge is 2.04. The largest absolute Gasteiger partial charge is 0.478 e. The Balaban J connectivity index is 2.61. The van der Waals surface area contributed by atoms with Crippen molar-refractivity contribution < 1.29 is 4.74 Å². The molecule has 1 rings (SSSR count). The molecule has 0 spiro atoms. The van der Waals surface area contributed by atoms with E-state index in [1.807, 2.05) is 13.0 Å². The van der Waals surface area contributed by atoms with Crippen LogP contribution in [-0.4, -0.2) is 23.1 Å². The topological polar surface area (TPSA) is 47.0 Å². The first-order valence-electron chi connectivity index (χ1n) is 6.38. The maximum atomic E-state index is 5.52. The zero-order chi connectivity index (χ0) is 12.7. The summed E-state index contributed by atoms with van der Waals surface area (Å²) in [5.41, 5.74) is 0.928. The van der Waals surface area contributed by atoms with E-state index in [2.05, 4.69) is 36.1 Å². The Labute approximate surface area is 104 Å². The molecule has 1 unspecified atom stereocenters. The van der Waals surface area contributed by atoms with Crippen LogP contribution in [0.1, 0.15) is 39.3 Å². The van der Waals surface area contributed by atoms with Crippen LogP contribution < -0.4 is 10.1 Å². The van der Waals surface area contributed by atoms with E-state index in [0.717, 1.165) is 25.1 Å². The summed E-state index contributed by atoms with van der Waals surface area (Å²) in [6, 6.07) is 1.87. The van der Waals surface area contributed by atoms with Gasteiger partial charge in [0.25, 0.3) is 0 Å². The van der Waals surface area contributed by atoms with Gasteiger partial charge in [-0.2, -0.15) is 4.98 Å². The van der Waals surface area contributed by atoms with Crippen LogP contribution in [0.3, 0.4) is 0 Å². The van der Waals surface area contributed by atoms with Gasteiger partial charge < -0.3 is 10.1 Å². The second-order valence-electron chi connectivity index (χ2n) is 4.41. The van der Waals surface area contributed by atoms with Crippen molar-refractivity contribution in [3.63, 3.8) is 0 Å². The summed E-state index contributed by atoms with van der Waals surface area (Å²) in [5.74, 6) is 1.95. The average molecular weight is 237 g/mol. The smallest absolute Gasteiger partial charge is 0.226 e. The van der Waals surface area contributed by atoms with Gasteiger partial charge in [0.1, 0.15) is 0 Å². The molecular weight excluding hydrogens is 214 g/mol. The molecule has 0 aliphatic rings. The van der Waals surface area contributed by atoms with E-state index in [4.69, 9.17) is 4.74 Å². The summed E-state index contributed by atoms with van der Waals surface area (Å²) in [7, 11) is 0. The van der Waals surface area contributed by atoms with Gasteiger partial charge in [0, 0.05) is 18.3 Å². The molecule has 0 bridgehead atoms. The number of anilines is 1. The van der Waals surface area contributed by atoms with Gasteiger partial charge in [0.15, 0.2) is 0 Å². The number of nitrogens with one attached hydrogen (secondary N) is 1. The molecule has 1 aromatic heterocycles. The Morgan fingerprint density at radius 3 is 2.76 bits per heavy atom. The summed E-state index contributed by atoms with van der Waals surface area (Å²) >= 11 is 0. The van der Waals surface area contributed by atoms with Crippen molar-refractivity contribution in [2.75, 3.05) is 18.5 Å². The first-order chi connectivity index (χ1) is 8.15. The molecule has 1 atom stereocenters. The first kappa shape index (κ1) is 13.7. The maximum Gasteiger partial charge on any atom is 0.226 e. The highest BCUT2D eigenvalue weighted by atomic mass is 16.5. The lowest BCUT2D eigenvalue weighted by molar-refractivity contribution is 0.305. The average Bonchev–Trinajstić information content (AvgIpc) is 2.32.